The van der Waals surface area contributed by atoms with E-state index in [9.17, 15) is 4.79 Å². The van der Waals surface area contributed by atoms with E-state index in [0.29, 0.717) is 0 Å². The van der Waals surface area contributed by atoms with Gasteiger partial charge in [-0.2, -0.15) is 0 Å². The number of anilines is 1. The molecule has 4 nitrogen and oxygen atoms in total. The molecule has 0 spiro atoms. The van der Waals surface area contributed by atoms with Crippen LogP contribution in [0.5, 0.6) is 5.75 Å². The van der Waals surface area contributed by atoms with Crippen molar-refractivity contribution in [2.75, 3.05) is 19.1 Å². The van der Waals surface area contributed by atoms with E-state index in [1.165, 1.54) is 5.56 Å². The van der Waals surface area contributed by atoms with E-state index in [1.54, 1.807) is 19.1 Å². The van der Waals surface area contributed by atoms with Crippen LogP contribution < -0.4 is 9.64 Å². The Morgan fingerprint density at radius 1 is 0.955 bits per heavy atom. The van der Waals surface area contributed by atoms with Crippen LogP contribution in [0.1, 0.15) is 17.2 Å². The number of aryl methyl sites for hydroxylation is 1. The summed E-state index contributed by atoms with van der Waals surface area (Å²) in [6.07, 6.45) is -0.426. The summed E-state index contributed by atoms with van der Waals surface area (Å²) in [6.45, 7) is 2.05. The molecule has 1 aliphatic heterocycles. The molecule has 3 rings (SSSR count). The number of rotatable bonds is 4. The lowest BCUT2D eigenvalue weighted by atomic mass is 9.89. The fourth-order valence-corrected chi connectivity index (χ4v) is 2.81. The van der Waals surface area contributed by atoms with Crippen molar-refractivity contribution in [1.29, 1.82) is 0 Å². The van der Waals surface area contributed by atoms with Crippen molar-refractivity contribution in [3.63, 3.8) is 0 Å². The molecule has 2 atom stereocenters. The van der Waals surface area contributed by atoms with Gasteiger partial charge in [-0.1, -0.05) is 29.8 Å². The number of methoxy groups -OCH3 is 2. The summed E-state index contributed by atoms with van der Waals surface area (Å²) >= 11 is 0. The van der Waals surface area contributed by atoms with Gasteiger partial charge in [0.1, 0.15) is 5.75 Å². The Morgan fingerprint density at radius 3 is 2.14 bits per heavy atom. The van der Waals surface area contributed by atoms with E-state index >= 15 is 0 Å². The van der Waals surface area contributed by atoms with Crippen molar-refractivity contribution in [2.45, 2.75) is 19.1 Å². The Bertz CT molecular complexity index is 664. The van der Waals surface area contributed by atoms with E-state index in [1.807, 2.05) is 31.2 Å². The maximum absolute atomic E-state index is 12.4. The third-order valence-corrected chi connectivity index (χ3v) is 4.07. The first-order valence-electron chi connectivity index (χ1n) is 7.22. The zero-order valence-corrected chi connectivity index (χ0v) is 12.9. The summed E-state index contributed by atoms with van der Waals surface area (Å²) in [6, 6.07) is 15.6. The maximum atomic E-state index is 12.4. The predicted molar refractivity (Wildman–Crippen MR) is 85.2 cm³/mol. The van der Waals surface area contributed by atoms with E-state index in [-0.39, 0.29) is 11.9 Å². The molecule has 1 saturated heterocycles. The van der Waals surface area contributed by atoms with Crippen molar-refractivity contribution in [1.82, 2.24) is 0 Å². The van der Waals surface area contributed by atoms with Crippen molar-refractivity contribution < 1.29 is 14.3 Å². The number of nitrogens with zero attached hydrogens (tertiary/aromatic N) is 1. The van der Waals surface area contributed by atoms with Gasteiger partial charge in [-0.05, 0) is 36.8 Å². The maximum Gasteiger partial charge on any atom is 0.259 e. The zero-order valence-electron chi connectivity index (χ0n) is 12.9. The van der Waals surface area contributed by atoms with Gasteiger partial charge in [0, 0.05) is 12.8 Å². The van der Waals surface area contributed by atoms with Crippen molar-refractivity contribution in [2.24, 2.45) is 0 Å². The number of hydrogen-bond acceptors (Lipinski definition) is 3. The molecule has 22 heavy (non-hydrogen) atoms. The van der Waals surface area contributed by atoms with Crippen LogP contribution in [0.15, 0.2) is 48.5 Å². The topological polar surface area (TPSA) is 38.8 Å². The number of amides is 1. The summed E-state index contributed by atoms with van der Waals surface area (Å²) < 4.78 is 10.5. The molecule has 0 saturated carbocycles. The van der Waals surface area contributed by atoms with Gasteiger partial charge in [0.2, 0.25) is 0 Å². The molecule has 0 radical (unpaired) electrons. The molecule has 1 aliphatic rings. The number of hydrogen-bond donors (Lipinski definition) is 0. The van der Waals surface area contributed by atoms with Gasteiger partial charge in [0.25, 0.3) is 5.91 Å². The highest BCUT2D eigenvalue weighted by Gasteiger charge is 2.49. The first kappa shape index (κ1) is 14.6. The smallest absolute Gasteiger partial charge is 0.259 e. The lowest BCUT2D eigenvalue weighted by Crippen LogP contribution is -2.60. The second-order valence-electron chi connectivity index (χ2n) is 5.42. The minimum absolute atomic E-state index is 0.0155. The quantitative estimate of drug-likeness (QED) is 0.814. The minimum Gasteiger partial charge on any atom is -0.497 e. The molecule has 0 N–H and O–H groups in total. The second-order valence-corrected chi connectivity index (χ2v) is 5.42. The van der Waals surface area contributed by atoms with Gasteiger partial charge in [-0.3, -0.25) is 9.69 Å². The van der Waals surface area contributed by atoms with Crippen LogP contribution in [-0.4, -0.2) is 26.2 Å². The number of carbonyl (C=O) groups is 1. The van der Waals surface area contributed by atoms with Crippen molar-refractivity contribution in [3.05, 3.63) is 59.7 Å². The van der Waals surface area contributed by atoms with Crippen LogP contribution in [0.3, 0.4) is 0 Å². The molecule has 2 unspecified atom stereocenters. The van der Waals surface area contributed by atoms with E-state index in [2.05, 4.69) is 24.3 Å². The molecule has 1 fully saturated rings. The Balaban J connectivity index is 1.94. The average molecular weight is 297 g/mol. The van der Waals surface area contributed by atoms with Crippen LogP contribution in [0.4, 0.5) is 5.69 Å². The fraction of sp³-hybridized carbons (Fsp3) is 0.278. The average Bonchev–Trinajstić information content (AvgIpc) is 2.55. The highest BCUT2D eigenvalue weighted by Crippen LogP contribution is 2.41. The van der Waals surface area contributed by atoms with Gasteiger partial charge in [0.15, 0.2) is 6.10 Å². The summed E-state index contributed by atoms with van der Waals surface area (Å²) in [5.41, 5.74) is 3.12. The minimum atomic E-state index is -0.426. The number of benzene rings is 2. The zero-order chi connectivity index (χ0) is 15.7. The molecule has 1 heterocycles. The fourth-order valence-electron chi connectivity index (χ4n) is 2.81. The van der Waals surface area contributed by atoms with E-state index in [0.717, 1.165) is 17.0 Å². The van der Waals surface area contributed by atoms with E-state index < -0.39 is 6.10 Å². The number of β-lactam (4-membered cyclic amide) rings is 1. The lowest BCUT2D eigenvalue weighted by Gasteiger charge is -2.46. The first-order valence-corrected chi connectivity index (χ1v) is 7.22. The Kier molecular flexibility index (Phi) is 3.86. The molecule has 0 aromatic heterocycles. The van der Waals surface area contributed by atoms with Crippen LogP contribution in [0.25, 0.3) is 0 Å². The number of ether oxygens (including phenoxy) is 2. The summed E-state index contributed by atoms with van der Waals surface area (Å²) in [5.74, 6) is 0.755. The summed E-state index contributed by atoms with van der Waals surface area (Å²) in [4.78, 5) is 14.1. The SMILES string of the molecule is COc1ccc(N2C(=O)C(OC)C2c2ccc(C)cc2)cc1. The van der Waals surface area contributed by atoms with Crippen molar-refractivity contribution in [3.8, 4) is 5.75 Å². The monoisotopic (exact) mass is 297 g/mol. The van der Waals surface area contributed by atoms with Crippen LogP contribution in [0, 0.1) is 6.92 Å². The third kappa shape index (κ3) is 2.35. The molecular formula is C18H19NO3. The molecule has 2 aromatic carbocycles. The molecule has 0 bridgehead atoms. The first-order chi connectivity index (χ1) is 10.7. The van der Waals surface area contributed by atoms with Gasteiger partial charge < -0.3 is 9.47 Å². The predicted octanol–water partition coefficient (Wildman–Crippen LogP) is 3.11. The molecular weight excluding hydrogens is 278 g/mol. The number of carbonyl (C=O) groups excluding carboxylic acids is 1. The Morgan fingerprint density at radius 2 is 1.59 bits per heavy atom. The summed E-state index contributed by atoms with van der Waals surface area (Å²) in [5, 5.41) is 0. The van der Waals surface area contributed by atoms with Gasteiger partial charge in [-0.15, -0.1) is 0 Å². The molecule has 1 amide bonds. The highest BCUT2D eigenvalue weighted by atomic mass is 16.5. The third-order valence-electron chi connectivity index (χ3n) is 4.07. The van der Waals surface area contributed by atoms with Gasteiger partial charge >= 0.3 is 0 Å². The normalized spacial score (nSPS) is 20.7. The lowest BCUT2D eigenvalue weighted by molar-refractivity contribution is -0.139. The molecule has 0 aliphatic carbocycles. The summed E-state index contributed by atoms with van der Waals surface area (Å²) in [7, 11) is 3.20. The van der Waals surface area contributed by atoms with Crippen LogP contribution >= 0.6 is 0 Å². The molecule has 4 heteroatoms. The Hall–Kier alpha value is -2.33. The molecule has 114 valence electrons. The van der Waals surface area contributed by atoms with Crippen LogP contribution in [-0.2, 0) is 9.53 Å². The van der Waals surface area contributed by atoms with E-state index in [4.69, 9.17) is 9.47 Å². The molecule has 2 aromatic rings. The highest BCUT2D eigenvalue weighted by molar-refractivity contribution is 6.05. The Labute approximate surface area is 130 Å². The largest absolute Gasteiger partial charge is 0.497 e. The van der Waals surface area contributed by atoms with Crippen LogP contribution in [0.2, 0.25) is 0 Å². The van der Waals surface area contributed by atoms with Gasteiger partial charge in [-0.25, -0.2) is 0 Å². The standard InChI is InChI=1S/C18H19NO3/c1-12-4-6-13(7-5-12)16-17(22-3)18(20)19(16)14-8-10-15(21-2)11-9-14/h4-11,16-17H,1-3H3. The van der Waals surface area contributed by atoms with Gasteiger partial charge in [0.05, 0.1) is 13.2 Å². The van der Waals surface area contributed by atoms with Crippen molar-refractivity contribution >= 4 is 11.6 Å². The second kappa shape index (κ2) is 5.81.